The lowest BCUT2D eigenvalue weighted by Gasteiger charge is -2.14. The molecule has 0 aliphatic rings. The number of carbonyl (C=O) groups excluding carboxylic acids is 2. The van der Waals surface area contributed by atoms with Crippen LogP contribution < -0.4 is 15.4 Å². The molecule has 0 aliphatic heterocycles. The van der Waals surface area contributed by atoms with E-state index in [1.54, 1.807) is 42.5 Å². The van der Waals surface area contributed by atoms with E-state index in [9.17, 15) is 22.8 Å². The number of ether oxygens (including phenoxy) is 2. The molecular weight excluding hydrogens is 437 g/mol. The molecule has 0 atom stereocenters. The van der Waals surface area contributed by atoms with Crippen molar-refractivity contribution in [3.8, 4) is 5.75 Å². The number of hydrogen-bond acceptors (Lipinski definition) is 5. The van der Waals surface area contributed by atoms with Gasteiger partial charge in [0.15, 0.2) is 0 Å². The van der Waals surface area contributed by atoms with Crippen LogP contribution >= 0.6 is 0 Å². The van der Waals surface area contributed by atoms with Gasteiger partial charge in [0.2, 0.25) is 5.91 Å². The summed E-state index contributed by atoms with van der Waals surface area (Å²) in [6.45, 7) is 1.46. The Kier molecular flexibility index (Phi) is 7.55. The molecule has 2 N–H and O–H groups in total. The first-order valence-corrected chi connectivity index (χ1v) is 9.93. The number of para-hydroxylation sites is 1. The quantitative estimate of drug-likeness (QED) is 0.337. The van der Waals surface area contributed by atoms with E-state index in [-0.39, 0.29) is 30.4 Å². The summed E-state index contributed by atoms with van der Waals surface area (Å²) in [6, 6.07) is 17.8. The second-order valence-electron chi connectivity index (χ2n) is 6.94. The number of rotatable bonds is 8. The van der Waals surface area contributed by atoms with Crippen molar-refractivity contribution in [1.29, 1.82) is 0 Å². The molecule has 0 radical (unpaired) electrons. The number of halogens is 3. The highest BCUT2D eigenvalue weighted by molar-refractivity contribution is 5.96. The third-order valence-electron chi connectivity index (χ3n) is 4.38. The highest BCUT2D eigenvalue weighted by Gasteiger charge is 2.30. The van der Waals surface area contributed by atoms with E-state index in [2.05, 4.69) is 10.6 Å². The van der Waals surface area contributed by atoms with E-state index in [4.69, 9.17) is 9.47 Å². The number of alkyl halides is 3. The summed E-state index contributed by atoms with van der Waals surface area (Å²) in [7, 11) is 0. The maximum atomic E-state index is 12.9. The van der Waals surface area contributed by atoms with Crippen LogP contribution in [0, 0.1) is 0 Å². The SMILES string of the molecule is CC(=O)Nc1ccc(OCCOC(=O)c2ccccc2Nc2cccc(C(F)(F)F)c2)cc1. The largest absolute Gasteiger partial charge is 0.490 e. The molecule has 172 valence electrons. The van der Waals surface area contributed by atoms with Gasteiger partial charge in [0.25, 0.3) is 0 Å². The fraction of sp³-hybridized carbons (Fsp3) is 0.167. The Labute approximate surface area is 188 Å². The topological polar surface area (TPSA) is 76.7 Å². The van der Waals surface area contributed by atoms with Crippen LogP contribution in [0.15, 0.2) is 72.8 Å². The van der Waals surface area contributed by atoms with Crippen LogP contribution in [0.25, 0.3) is 0 Å². The minimum atomic E-state index is -4.47. The Balaban J connectivity index is 1.56. The predicted molar refractivity (Wildman–Crippen MR) is 118 cm³/mol. The number of carbonyl (C=O) groups is 2. The zero-order chi connectivity index (χ0) is 23.8. The first-order valence-electron chi connectivity index (χ1n) is 9.93. The van der Waals surface area contributed by atoms with E-state index in [1.165, 1.54) is 25.1 Å². The number of nitrogens with one attached hydrogen (secondary N) is 2. The second kappa shape index (κ2) is 10.5. The predicted octanol–water partition coefficient (Wildman–Crippen LogP) is 5.64. The number of esters is 1. The molecule has 9 heteroatoms. The molecule has 0 aliphatic carbocycles. The van der Waals surface area contributed by atoms with Crippen molar-refractivity contribution >= 4 is 28.9 Å². The Bertz CT molecular complexity index is 1120. The van der Waals surface area contributed by atoms with Gasteiger partial charge in [-0.15, -0.1) is 0 Å². The number of hydrogen-bond donors (Lipinski definition) is 2. The van der Waals surface area contributed by atoms with Crippen LogP contribution in [0.2, 0.25) is 0 Å². The standard InChI is InChI=1S/C24H21F3N2O4/c1-16(30)28-18-9-11-20(12-10-18)32-13-14-33-23(31)21-7-2-3-8-22(21)29-19-6-4-5-17(15-19)24(25,26)27/h2-12,15,29H,13-14H2,1H3,(H,28,30). The van der Waals surface area contributed by atoms with Crippen LogP contribution in [-0.4, -0.2) is 25.1 Å². The smallest absolute Gasteiger partial charge is 0.416 e. The molecule has 33 heavy (non-hydrogen) atoms. The van der Waals surface area contributed by atoms with Crippen LogP contribution in [0.1, 0.15) is 22.8 Å². The Morgan fingerprint density at radius 3 is 2.30 bits per heavy atom. The molecule has 0 bridgehead atoms. The van der Waals surface area contributed by atoms with Crippen LogP contribution in [0.4, 0.5) is 30.2 Å². The molecule has 6 nitrogen and oxygen atoms in total. The first-order chi connectivity index (χ1) is 15.7. The molecule has 3 aromatic carbocycles. The normalized spacial score (nSPS) is 10.9. The third-order valence-corrected chi connectivity index (χ3v) is 4.38. The van der Waals surface area contributed by atoms with Crippen molar-refractivity contribution in [2.24, 2.45) is 0 Å². The lowest BCUT2D eigenvalue weighted by molar-refractivity contribution is -0.137. The lowest BCUT2D eigenvalue weighted by Crippen LogP contribution is -2.14. The van der Waals surface area contributed by atoms with Gasteiger partial charge in [0.1, 0.15) is 19.0 Å². The fourth-order valence-corrected chi connectivity index (χ4v) is 2.91. The van der Waals surface area contributed by atoms with E-state index in [0.29, 0.717) is 17.1 Å². The number of benzene rings is 3. The van der Waals surface area contributed by atoms with Gasteiger partial charge in [-0.3, -0.25) is 4.79 Å². The van der Waals surface area contributed by atoms with Crippen molar-refractivity contribution in [3.05, 3.63) is 83.9 Å². The molecule has 0 unspecified atom stereocenters. The molecule has 3 aromatic rings. The summed E-state index contributed by atoms with van der Waals surface area (Å²) in [5, 5.41) is 5.48. The van der Waals surface area contributed by atoms with Crippen molar-refractivity contribution in [3.63, 3.8) is 0 Å². The molecule has 0 heterocycles. The highest BCUT2D eigenvalue weighted by Crippen LogP contribution is 2.32. The fourth-order valence-electron chi connectivity index (χ4n) is 2.91. The van der Waals surface area contributed by atoms with E-state index in [1.807, 2.05) is 0 Å². The first kappa shape index (κ1) is 23.6. The summed E-state index contributed by atoms with van der Waals surface area (Å²) < 4.78 is 49.6. The molecule has 1 amide bonds. The molecule has 0 saturated carbocycles. The molecule has 0 saturated heterocycles. The van der Waals surface area contributed by atoms with Gasteiger partial charge >= 0.3 is 12.1 Å². The van der Waals surface area contributed by atoms with Crippen LogP contribution in [0.3, 0.4) is 0 Å². The van der Waals surface area contributed by atoms with Gasteiger partial charge in [0.05, 0.1) is 16.8 Å². The second-order valence-corrected chi connectivity index (χ2v) is 6.94. The van der Waals surface area contributed by atoms with E-state index in [0.717, 1.165) is 12.1 Å². The van der Waals surface area contributed by atoms with Gasteiger partial charge in [-0.1, -0.05) is 18.2 Å². The van der Waals surface area contributed by atoms with Crippen molar-refractivity contribution in [2.75, 3.05) is 23.8 Å². The van der Waals surface area contributed by atoms with Crippen LogP contribution in [-0.2, 0) is 15.7 Å². The van der Waals surface area contributed by atoms with E-state index < -0.39 is 17.7 Å². The molecule has 0 spiro atoms. The summed E-state index contributed by atoms with van der Waals surface area (Å²) in [6.07, 6.45) is -4.47. The van der Waals surface area contributed by atoms with E-state index >= 15 is 0 Å². The summed E-state index contributed by atoms with van der Waals surface area (Å²) >= 11 is 0. The van der Waals surface area contributed by atoms with Crippen LogP contribution in [0.5, 0.6) is 5.75 Å². The van der Waals surface area contributed by atoms with Crippen molar-refractivity contribution < 1.29 is 32.2 Å². The number of anilines is 3. The zero-order valence-corrected chi connectivity index (χ0v) is 17.6. The Hall–Kier alpha value is -4.01. The van der Waals surface area contributed by atoms with Crippen molar-refractivity contribution in [1.82, 2.24) is 0 Å². The highest BCUT2D eigenvalue weighted by atomic mass is 19.4. The van der Waals surface area contributed by atoms with Gasteiger partial charge in [-0.2, -0.15) is 13.2 Å². The average molecular weight is 458 g/mol. The Morgan fingerprint density at radius 2 is 1.61 bits per heavy atom. The van der Waals surface area contributed by atoms with Gasteiger partial charge < -0.3 is 20.1 Å². The molecule has 0 fully saturated rings. The Morgan fingerprint density at radius 1 is 0.879 bits per heavy atom. The minimum Gasteiger partial charge on any atom is -0.490 e. The van der Waals surface area contributed by atoms with Crippen molar-refractivity contribution in [2.45, 2.75) is 13.1 Å². The third kappa shape index (κ3) is 6.99. The minimum absolute atomic E-state index is 0.0375. The molecule has 3 rings (SSSR count). The summed E-state index contributed by atoms with van der Waals surface area (Å²) in [5.41, 5.74) is 0.517. The number of amides is 1. The zero-order valence-electron chi connectivity index (χ0n) is 17.6. The summed E-state index contributed by atoms with van der Waals surface area (Å²) in [5.74, 6) is -0.292. The molecule has 0 aromatic heterocycles. The molecular formula is C24H21F3N2O4. The monoisotopic (exact) mass is 458 g/mol. The maximum Gasteiger partial charge on any atom is 0.416 e. The average Bonchev–Trinajstić information content (AvgIpc) is 2.77. The summed E-state index contributed by atoms with van der Waals surface area (Å²) in [4.78, 5) is 23.5. The van der Waals surface area contributed by atoms with Gasteiger partial charge in [0, 0.05) is 18.3 Å². The maximum absolute atomic E-state index is 12.9. The van der Waals surface area contributed by atoms with Gasteiger partial charge in [-0.25, -0.2) is 4.79 Å². The van der Waals surface area contributed by atoms with Gasteiger partial charge in [-0.05, 0) is 54.6 Å². The lowest BCUT2D eigenvalue weighted by atomic mass is 10.1.